The van der Waals surface area contributed by atoms with Gasteiger partial charge in [0, 0.05) is 5.56 Å². The van der Waals surface area contributed by atoms with Crippen LogP contribution >= 0.6 is 34.8 Å². The molecule has 13 heavy (non-hydrogen) atoms. The van der Waals surface area contributed by atoms with Gasteiger partial charge in [-0.25, -0.2) is 9.97 Å². The molecule has 3 nitrogen and oxygen atoms in total. The Kier molecular flexibility index (Phi) is 3.93. The molecule has 0 spiro atoms. The second-order valence-electron chi connectivity index (χ2n) is 2.07. The van der Waals surface area contributed by atoms with Crippen LogP contribution in [0.3, 0.4) is 0 Å². The number of rotatable bonds is 2. The predicted octanol–water partition coefficient (Wildman–Crippen LogP) is 2.44. The summed E-state index contributed by atoms with van der Waals surface area (Å²) in [6.45, 7) is -0.102. The van der Waals surface area contributed by atoms with Gasteiger partial charge in [0.05, 0.1) is 6.61 Å². The molecule has 1 rings (SSSR count). The van der Waals surface area contributed by atoms with Gasteiger partial charge in [0.25, 0.3) is 0 Å². The van der Waals surface area contributed by atoms with Crippen LogP contribution in [-0.4, -0.2) is 21.7 Å². The summed E-state index contributed by atoms with van der Waals surface area (Å²) in [7, 11) is 0. The molecule has 0 aliphatic heterocycles. The van der Waals surface area contributed by atoms with Gasteiger partial charge in [0.2, 0.25) is 5.28 Å². The largest absolute Gasteiger partial charge is 0.392 e. The fourth-order valence-corrected chi connectivity index (χ4v) is 1.47. The molecule has 0 aromatic carbocycles. The maximum Gasteiger partial charge on any atom is 0.225 e. The molecule has 0 unspecified atom stereocenters. The SMILES string of the molecule is OCC=Cc1c(Cl)nc(Cl)nc1Cl. The second kappa shape index (κ2) is 4.77. The third-order valence-corrected chi connectivity index (χ3v) is 1.96. The first-order valence-corrected chi connectivity index (χ1v) is 4.44. The maximum absolute atomic E-state index is 8.52. The van der Waals surface area contributed by atoms with E-state index in [1.165, 1.54) is 12.2 Å². The van der Waals surface area contributed by atoms with Gasteiger partial charge in [-0.15, -0.1) is 0 Å². The first-order chi connectivity index (χ1) is 6.15. The Hall–Kier alpha value is -0.350. The summed E-state index contributed by atoms with van der Waals surface area (Å²) in [6, 6.07) is 0. The number of aliphatic hydroxyl groups is 1. The molecule has 0 amide bonds. The third-order valence-electron chi connectivity index (χ3n) is 1.22. The summed E-state index contributed by atoms with van der Waals surface area (Å²) in [6.07, 6.45) is 3.01. The molecular formula is C7H5Cl3N2O. The molecule has 0 radical (unpaired) electrons. The number of hydrogen-bond acceptors (Lipinski definition) is 3. The lowest BCUT2D eigenvalue weighted by molar-refractivity contribution is 0.343. The lowest BCUT2D eigenvalue weighted by atomic mass is 10.3. The molecule has 1 aromatic heterocycles. The summed E-state index contributed by atoms with van der Waals surface area (Å²) < 4.78 is 0. The highest BCUT2D eigenvalue weighted by atomic mass is 35.5. The zero-order chi connectivity index (χ0) is 9.84. The van der Waals surface area contributed by atoms with Crippen LogP contribution in [0.1, 0.15) is 5.56 Å². The van der Waals surface area contributed by atoms with Gasteiger partial charge < -0.3 is 5.11 Å². The lowest BCUT2D eigenvalue weighted by Crippen LogP contribution is -1.89. The van der Waals surface area contributed by atoms with Gasteiger partial charge >= 0.3 is 0 Å². The number of aromatic nitrogens is 2. The Morgan fingerprint density at radius 3 is 2.15 bits per heavy atom. The summed E-state index contributed by atoms with van der Waals surface area (Å²) in [4.78, 5) is 7.38. The fourth-order valence-electron chi connectivity index (χ4n) is 0.701. The van der Waals surface area contributed by atoms with Crippen molar-refractivity contribution in [2.45, 2.75) is 0 Å². The van der Waals surface area contributed by atoms with Crippen molar-refractivity contribution in [1.82, 2.24) is 9.97 Å². The Labute approximate surface area is 90.0 Å². The lowest BCUT2D eigenvalue weighted by Gasteiger charge is -1.99. The first kappa shape index (κ1) is 10.7. The van der Waals surface area contributed by atoms with E-state index in [4.69, 9.17) is 39.9 Å². The molecule has 0 aliphatic rings. The normalized spacial score (nSPS) is 11.1. The molecular weight excluding hydrogens is 234 g/mol. The number of hydrogen-bond donors (Lipinski definition) is 1. The highest BCUT2D eigenvalue weighted by molar-refractivity contribution is 6.37. The first-order valence-electron chi connectivity index (χ1n) is 3.31. The van der Waals surface area contributed by atoms with Crippen molar-refractivity contribution in [2.24, 2.45) is 0 Å². The van der Waals surface area contributed by atoms with E-state index in [-0.39, 0.29) is 22.2 Å². The van der Waals surface area contributed by atoms with Gasteiger partial charge in [0.15, 0.2) is 0 Å². The zero-order valence-corrected chi connectivity index (χ0v) is 8.61. The van der Waals surface area contributed by atoms with E-state index in [0.29, 0.717) is 5.56 Å². The van der Waals surface area contributed by atoms with Gasteiger partial charge in [-0.3, -0.25) is 0 Å². The van der Waals surface area contributed by atoms with Crippen LogP contribution in [0.15, 0.2) is 6.08 Å². The molecule has 0 fully saturated rings. The van der Waals surface area contributed by atoms with E-state index in [0.717, 1.165) is 0 Å². The van der Waals surface area contributed by atoms with Crippen LogP contribution in [0.2, 0.25) is 15.6 Å². The summed E-state index contributed by atoms with van der Waals surface area (Å²) in [5.41, 5.74) is 0.446. The van der Waals surface area contributed by atoms with Crippen molar-refractivity contribution in [3.63, 3.8) is 0 Å². The van der Waals surface area contributed by atoms with Gasteiger partial charge in [0.1, 0.15) is 10.3 Å². The molecule has 1 heterocycles. The smallest absolute Gasteiger partial charge is 0.225 e. The van der Waals surface area contributed by atoms with Crippen LogP contribution in [0.25, 0.3) is 6.08 Å². The Morgan fingerprint density at radius 1 is 1.15 bits per heavy atom. The third kappa shape index (κ3) is 2.81. The Balaban J connectivity index is 3.13. The van der Waals surface area contributed by atoms with Crippen molar-refractivity contribution in [2.75, 3.05) is 6.61 Å². The summed E-state index contributed by atoms with van der Waals surface area (Å²) in [5.74, 6) is 0. The molecule has 0 saturated carbocycles. The van der Waals surface area contributed by atoms with E-state index in [1.807, 2.05) is 0 Å². The standard InChI is InChI=1S/C7H5Cl3N2O/c8-5-4(2-1-3-13)6(9)12-7(10)11-5/h1-2,13H,3H2. The van der Waals surface area contributed by atoms with Gasteiger partial charge in [-0.1, -0.05) is 35.4 Å². The number of halogens is 3. The van der Waals surface area contributed by atoms with Crippen molar-refractivity contribution < 1.29 is 5.11 Å². The molecule has 6 heteroatoms. The highest BCUT2D eigenvalue weighted by Gasteiger charge is 2.06. The average Bonchev–Trinajstić information content (AvgIpc) is 2.02. The molecule has 1 N–H and O–H groups in total. The second-order valence-corrected chi connectivity index (χ2v) is 3.13. The molecule has 0 saturated heterocycles. The molecule has 70 valence electrons. The van der Waals surface area contributed by atoms with Gasteiger partial charge in [-0.05, 0) is 11.6 Å². The van der Waals surface area contributed by atoms with E-state index >= 15 is 0 Å². The average molecular weight is 239 g/mol. The molecule has 0 atom stereocenters. The van der Waals surface area contributed by atoms with Crippen LogP contribution < -0.4 is 0 Å². The Morgan fingerprint density at radius 2 is 1.69 bits per heavy atom. The fraction of sp³-hybridized carbons (Fsp3) is 0.143. The quantitative estimate of drug-likeness (QED) is 0.637. The van der Waals surface area contributed by atoms with E-state index < -0.39 is 0 Å². The number of nitrogens with zero attached hydrogens (tertiary/aromatic N) is 2. The van der Waals surface area contributed by atoms with Crippen molar-refractivity contribution >= 4 is 40.9 Å². The van der Waals surface area contributed by atoms with Crippen LogP contribution in [0, 0.1) is 0 Å². The topological polar surface area (TPSA) is 46.0 Å². The van der Waals surface area contributed by atoms with Gasteiger partial charge in [-0.2, -0.15) is 0 Å². The molecule has 0 bridgehead atoms. The monoisotopic (exact) mass is 238 g/mol. The number of aliphatic hydroxyl groups excluding tert-OH is 1. The molecule has 1 aromatic rings. The van der Waals surface area contributed by atoms with Crippen molar-refractivity contribution in [3.8, 4) is 0 Å². The summed E-state index contributed by atoms with van der Waals surface area (Å²) >= 11 is 16.9. The zero-order valence-electron chi connectivity index (χ0n) is 6.34. The van der Waals surface area contributed by atoms with E-state index in [9.17, 15) is 0 Å². The van der Waals surface area contributed by atoms with Crippen LogP contribution in [0.4, 0.5) is 0 Å². The minimum absolute atomic E-state index is 0.00357. The van der Waals surface area contributed by atoms with Crippen molar-refractivity contribution in [3.05, 3.63) is 27.2 Å². The molecule has 0 aliphatic carbocycles. The predicted molar refractivity (Wildman–Crippen MR) is 53.2 cm³/mol. The van der Waals surface area contributed by atoms with Crippen LogP contribution in [0.5, 0.6) is 0 Å². The van der Waals surface area contributed by atoms with Crippen molar-refractivity contribution in [1.29, 1.82) is 0 Å². The Bertz CT molecular complexity index is 318. The minimum Gasteiger partial charge on any atom is -0.392 e. The highest BCUT2D eigenvalue weighted by Crippen LogP contribution is 2.23. The minimum atomic E-state index is -0.102. The van der Waals surface area contributed by atoms with Crippen LogP contribution in [-0.2, 0) is 0 Å². The van der Waals surface area contributed by atoms with E-state index in [2.05, 4.69) is 9.97 Å². The van der Waals surface area contributed by atoms with E-state index in [1.54, 1.807) is 0 Å². The summed E-state index contributed by atoms with van der Waals surface area (Å²) in [5, 5.41) is 8.84. The maximum atomic E-state index is 8.52.